The number of esters is 3. The van der Waals surface area contributed by atoms with Crippen LogP contribution < -0.4 is 16.0 Å². The molecule has 0 spiro atoms. The van der Waals surface area contributed by atoms with E-state index >= 15 is 0 Å². The van der Waals surface area contributed by atoms with Crippen LogP contribution in [0.4, 0.5) is 14.4 Å². The highest BCUT2D eigenvalue weighted by molar-refractivity contribution is 5.92. The van der Waals surface area contributed by atoms with Gasteiger partial charge in [0, 0.05) is 53.6 Å². The van der Waals surface area contributed by atoms with Crippen LogP contribution in [0.1, 0.15) is 123 Å². The van der Waals surface area contributed by atoms with Crippen molar-refractivity contribution in [3.05, 3.63) is 142 Å². The molecule has 1 aromatic rings. The lowest BCUT2D eigenvalue weighted by molar-refractivity contribution is -0.138. The van der Waals surface area contributed by atoms with Gasteiger partial charge in [-0.2, -0.15) is 0 Å². The molecule has 0 aromatic heterocycles. The number of rotatable bonds is 10. The summed E-state index contributed by atoms with van der Waals surface area (Å²) in [6.45, 7) is 21.5. The third-order valence-electron chi connectivity index (χ3n) is 14.3. The quantitative estimate of drug-likeness (QED) is 0.0870. The van der Waals surface area contributed by atoms with Gasteiger partial charge in [-0.3, -0.25) is 0 Å². The number of alkyl carbamates (subject to hydrolysis) is 3. The Bertz CT molecular complexity index is 2480. The maximum atomic E-state index is 12.0. The molecule has 4 aliphatic carbocycles. The Hall–Kier alpha value is -6.90. The largest absolute Gasteiger partial charge is 0.454 e. The van der Waals surface area contributed by atoms with Crippen LogP contribution in [0.2, 0.25) is 0 Å². The number of carbonyl (C=O) groups is 6. The highest BCUT2D eigenvalue weighted by Crippen LogP contribution is 2.37. The predicted octanol–water partition coefficient (Wildman–Crippen LogP) is 11.2. The average molecular weight is 1030 g/mol. The molecule has 1 saturated carbocycles. The number of ether oxygens (including phenoxy) is 6. The molecule has 8 rings (SSSR count). The Morgan fingerprint density at radius 1 is 0.533 bits per heavy atom. The van der Waals surface area contributed by atoms with Crippen molar-refractivity contribution in [2.45, 2.75) is 148 Å². The summed E-state index contributed by atoms with van der Waals surface area (Å²) in [7, 11) is 0. The number of hydrogen-bond acceptors (Lipinski definition) is 12. The summed E-state index contributed by atoms with van der Waals surface area (Å²) in [5, 5.41) is 8.21. The number of fused-ring (bicyclic) bond motifs is 3. The van der Waals surface area contributed by atoms with E-state index in [1.165, 1.54) is 16.7 Å². The molecule has 15 heteroatoms. The van der Waals surface area contributed by atoms with Crippen molar-refractivity contribution in [1.82, 2.24) is 16.0 Å². The first-order chi connectivity index (χ1) is 36.1. The zero-order valence-electron chi connectivity index (χ0n) is 44.3. The summed E-state index contributed by atoms with van der Waals surface area (Å²) >= 11 is 0. The average Bonchev–Trinajstić information content (AvgIpc) is 4.04. The van der Waals surface area contributed by atoms with Crippen molar-refractivity contribution < 1.29 is 57.2 Å². The molecule has 7 aliphatic rings. The second-order valence-electron chi connectivity index (χ2n) is 20.4. The summed E-state index contributed by atoms with van der Waals surface area (Å²) in [4.78, 5) is 70.6. The Morgan fingerprint density at radius 2 is 0.907 bits per heavy atom. The Labute approximate surface area is 442 Å². The van der Waals surface area contributed by atoms with Gasteiger partial charge in [-0.25, -0.2) is 28.8 Å². The number of allylic oxidation sites excluding steroid dienone is 6. The maximum absolute atomic E-state index is 12.0. The Morgan fingerprint density at radius 3 is 1.28 bits per heavy atom. The van der Waals surface area contributed by atoms with Crippen molar-refractivity contribution in [3.63, 3.8) is 0 Å². The molecule has 1 aromatic carbocycles. The molecule has 15 nitrogen and oxygen atoms in total. The van der Waals surface area contributed by atoms with E-state index in [4.69, 9.17) is 28.4 Å². The van der Waals surface area contributed by atoms with Gasteiger partial charge in [0.15, 0.2) is 0 Å². The van der Waals surface area contributed by atoms with Crippen LogP contribution in [0.3, 0.4) is 0 Å². The summed E-state index contributed by atoms with van der Waals surface area (Å²) in [6, 6.07) is 10.0. The zero-order valence-corrected chi connectivity index (χ0v) is 44.3. The molecule has 75 heavy (non-hydrogen) atoms. The predicted molar refractivity (Wildman–Crippen MR) is 286 cm³/mol. The van der Waals surface area contributed by atoms with E-state index in [-0.39, 0.29) is 73.3 Å². The topological polar surface area (TPSA) is 194 Å². The van der Waals surface area contributed by atoms with Gasteiger partial charge in [0.25, 0.3) is 0 Å². The minimum absolute atomic E-state index is 0.00317. The number of hydrogen-bond donors (Lipinski definition) is 3. The van der Waals surface area contributed by atoms with E-state index in [1.54, 1.807) is 0 Å². The van der Waals surface area contributed by atoms with Gasteiger partial charge in [-0.15, -0.1) is 0 Å². The van der Waals surface area contributed by atoms with Crippen molar-refractivity contribution >= 4 is 36.2 Å². The molecule has 3 aliphatic heterocycles. The monoisotopic (exact) mass is 1030 g/mol. The first-order valence-electron chi connectivity index (χ1n) is 26.6. The molecular weight excluding hydrogens is 955 g/mol. The second-order valence-corrected chi connectivity index (χ2v) is 20.4. The van der Waals surface area contributed by atoms with Crippen molar-refractivity contribution in [2.24, 2.45) is 17.8 Å². The van der Waals surface area contributed by atoms with E-state index in [0.717, 1.165) is 112 Å². The number of nitrogens with one attached hydrogen (secondary N) is 3. The van der Waals surface area contributed by atoms with Crippen molar-refractivity contribution in [3.8, 4) is 0 Å². The van der Waals surface area contributed by atoms with Crippen LogP contribution in [0, 0.1) is 17.8 Å². The van der Waals surface area contributed by atoms with E-state index in [1.807, 2.05) is 56.3 Å². The van der Waals surface area contributed by atoms with Gasteiger partial charge < -0.3 is 44.4 Å². The Kier molecular flexibility index (Phi) is 21.9. The van der Waals surface area contributed by atoms with E-state index in [9.17, 15) is 28.8 Å². The lowest BCUT2D eigenvalue weighted by Crippen LogP contribution is -2.27. The molecular formula is C60H77N3O12. The third kappa shape index (κ3) is 18.5. The van der Waals surface area contributed by atoms with Gasteiger partial charge >= 0.3 is 36.2 Å². The Balaban J connectivity index is 0.000000184. The lowest BCUT2D eigenvalue weighted by Gasteiger charge is -2.18. The summed E-state index contributed by atoms with van der Waals surface area (Å²) in [5.41, 5.74) is 9.50. The molecule has 3 amide bonds. The zero-order chi connectivity index (χ0) is 53.9. The van der Waals surface area contributed by atoms with Crippen LogP contribution in [-0.2, 0) is 49.3 Å². The SMILES string of the molecule is C=C1C(=O)O[C@@H]2/C=C(\C)CC/C=C(/COC(=O)NC3CC3)CC[C@@H]12.C=C1C(=O)O[C@@H]2/C=C(\C)CC/C=C(/COC(=O)NCC)CC[C@@H]12.C=C1C(=O)O[C@@H]2/C=C(\C)CC/C=C(/COC(=O)NCc3ccccc3)CCC12. The minimum atomic E-state index is -0.431. The summed E-state index contributed by atoms with van der Waals surface area (Å²) in [5.74, 6) is -0.903. The lowest BCUT2D eigenvalue weighted by atomic mass is 9.88. The van der Waals surface area contributed by atoms with Crippen LogP contribution >= 0.6 is 0 Å². The van der Waals surface area contributed by atoms with Crippen LogP contribution in [-0.4, -0.2) is 86.9 Å². The fourth-order valence-corrected chi connectivity index (χ4v) is 9.61. The van der Waals surface area contributed by atoms with Crippen LogP contribution in [0.15, 0.2) is 137 Å². The van der Waals surface area contributed by atoms with Gasteiger partial charge in [0.2, 0.25) is 0 Å². The fourth-order valence-electron chi connectivity index (χ4n) is 9.61. The standard InChI is InChI=1S/C23H27NO4.C19H25NO4.C18H25NO4/c1-16-7-6-10-19(11-12-20-17(2)22(25)28-21(20)13-16)15-27-23(26)24-14-18-8-4-3-5-9-18;1-12-4-3-5-14(11-23-19(22)20-15-7-8-15)6-9-16-13(2)18(21)24-17(16)10-12;1-4-19-18(21)22-11-14-7-5-6-12(2)10-16-15(9-8-14)13(3)17(20)23-16/h3-5,8-10,13,20-21H,2,6-7,11-12,14-15H2,1H3,(H,24,26);5,10,15-17H,2-4,6-9,11H2,1H3,(H,20,22);7,10,15-16H,3-6,8-9,11H2,1-2H3,(H,19,21)/b16-13+,19-10+;12-10+,14-5+;12-10+,14-7+/t20?,21-;16-,17+;15-,16+/m100/s1. The third-order valence-corrected chi connectivity index (χ3v) is 14.3. The van der Waals surface area contributed by atoms with Gasteiger partial charge in [0.05, 0.1) is 0 Å². The molecule has 3 saturated heterocycles. The van der Waals surface area contributed by atoms with E-state index in [0.29, 0.717) is 42.5 Å². The van der Waals surface area contributed by atoms with Crippen molar-refractivity contribution in [2.75, 3.05) is 26.4 Å². The number of benzene rings is 1. The number of carbonyl (C=O) groups excluding carboxylic acids is 6. The highest BCUT2D eigenvalue weighted by atomic mass is 16.6. The molecule has 0 bridgehead atoms. The molecule has 6 atom stereocenters. The number of amides is 3. The van der Waals surface area contributed by atoms with Gasteiger partial charge in [0.1, 0.15) is 38.1 Å². The smallest absolute Gasteiger partial charge is 0.407 e. The molecule has 4 fully saturated rings. The maximum Gasteiger partial charge on any atom is 0.407 e. The summed E-state index contributed by atoms with van der Waals surface area (Å²) in [6.07, 6.45) is 22.8. The molecule has 3 N–H and O–H groups in total. The minimum Gasteiger partial charge on any atom is -0.454 e. The normalized spacial score (nSPS) is 29.0. The second kappa shape index (κ2) is 28.7. The fraction of sp³-hybridized carbons (Fsp3) is 0.500. The molecule has 1 unspecified atom stereocenters. The van der Waals surface area contributed by atoms with Crippen molar-refractivity contribution in [1.29, 1.82) is 0 Å². The van der Waals surface area contributed by atoms with E-state index < -0.39 is 12.2 Å². The highest BCUT2D eigenvalue weighted by Gasteiger charge is 2.39. The summed E-state index contributed by atoms with van der Waals surface area (Å²) < 4.78 is 32.3. The molecule has 404 valence electrons. The van der Waals surface area contributed by atoms with E-state index in [2.05, 4.69) is 73.8 Å². The first kappa shape index (κ1) is 57.4. The molecule has 0 radical (unpaired) electrons. The van der Waals surface area contributed by atoms with Gasteiger partial charge in [-0.1, -0.05) is 85.0 Å². The van der Waals surface area contributed by atoms with Crippen LogP contribution in [0.25, 0.3) is 0 Å². The first-order valence-corrected chi connectivity index (χ1v) is 26.6. The van der Waals surface area contributed by atoms with Gasteiger partial charge in [-0.05, 0) is 158 Å². The molecule has 3 heterocycles. The van der Waals surface area contributed by atoms with Crippen LogP contribution in [0.5, 0.6) is 0 Å².